The fourth-order valence-electron chi connectivity index (χ4n) is 2.19. The standard InChI is InChI=1S/C12H19N3O2S/c1-8(2)10-11(18-14-13-10)12(17)15-5-3-9(7-16)4-6-15/h8-9,16H,3-7H2,1-2H3. The first-order valence-electron chi connectivity index (χ1n) is 6.35. The van der Waals surface area contributed by atoms with Crippen molar-refractivity contribution in [2.75, 3.05) is 19.7 Å². The van der Waals surface area contributed by atoms with E-state index in [1.54, 1.807) is 0 Å². The summed E-state index contributed by atoms with van der Waals surface area (Å²) in [6.45, 7) is 5.71. The Morgan fingerprint density at radius 2 is 2.17 bits per heavy atom. The van der Waals surface area contributed by atoms with E-state index in [0.29, 0.717) is 10.8 Å². The average molecular weight is 269 g/mol. The maximum Gasteiger partial charge on any atom is 0.267 e. The molecule has 1 N–H and O–H groups in total. The minimum Gasteiger partial charge on any atom is -0.396 e. The summed E-state index contributed by atoms with van der Waals surface area (Å²) in [6.07, 6.45) is 1.76. The Balaban J connectivity index is 2.06. The number of nitrogens with zero attached hydrogens (tertiary/aromatic N) is 3. The maximum absolute atomic E-state index is 12.4. The lowest BCUT2D eigenvalue weighted by Gasteiger charge is -2.30. The largest absolute Gasteiger partial charge is 0.396 e. The SMILES string of the molecule is CC(C)c1nnsc1C(=O)N1CCC(CO)CC1. The number of piperidine rings is 1. The van der Waals surface area contributed by atoms with E-state index in [2.05, 4.69) is 9.59 Å². The number of amides is 1. The Hall–Kier alpha value is -1.01. The number of likely N-dealkylation sites (tertiary alicyclic amines) is 1. The highest BCUT2D eigenvalue weighted by Crippen LogP contribution is 2.24. The number of aromatic nitrogens is 2. The molecule has 1 aliphatic heterocycles. The fourth-order valence-corrected chi connectivity index (χ4v) is 2.97. The molecule has 1 amide bonds. The molecule has 1 saturated heterocycles. The minimum absolute atomic E-state index is 0.0464. The molecule has 1 aliphatic rings. The maximum atomic E-state index is 12.4. The molecule has 0 radical (unpaired) electrons. The first kappa shape index (κ1) is 13.4. The Morgan fingerprint density at radius 1 is 1.50 bits per heavy atom. The lowest BCUT2D eigenvalue weighted by atomic mass is 9.97. The van der Waals surface area contributed by atoms with Crippen LogP contribution in [0.5, 0.6) is 0 Å². The number of carbonyl (C=O) groups excluding carboxylic acids is 1. The van der Waals surface area contributed by atoms with E-state index in [9.17, 15) is 4.79 Å². The molecular weight excluding hydrogens is 250 g/mol. The summed E-state index contributed by atoms with van der Waals surface area (Å²) < 4.78 is 3.89. The molecule has 0 aromatic carbocycles. The fraction of sp³-hybridized carbons (Fsp3) is 0.750. The average Bonchev–Trinajstić information content (AvgIpc) is 2.87. The molecule has 2 heterocycles. The van der Waals surface area contributed by atoms with Gasteiger partial charge in [-0.15, -0.1) is 5.10 Å². The quantitative estimate of drug-likeness (QED) is 0.903. The molecule has 0 spiro atoms. The third-order valence-corrected chi connectivity index (χ3v) is 4.14. The van der Waals surface area contributed by atoms with Crippen LogP contribution in [0.25, 0.3) is 0 Å². The van der Waals surface area contributed by atoms with Gasteiger partial charge in [-0.3, -0.25) is 4.79 Å². The van der Waals surface area contributed by atoms with Crippen LogP contribution in [-0.4, -0.2) is 45.2 Å². The predicted octanol–water partition coefficient (Wildman–Crippen LogP) is 1.51. The number of rotatable bonds is 3. The van der Waals surface area contributed by atoms with Gasteiger partial charge in [-0.1, -0.05) is 18.3 Å². The van der Waals surface area contributed by atoms with Crippen LogP contribution < -0.4 is 0 Å². The Morgan fingerprint density at radius 3 is 2.72 bits per heavy atom. The lowest BCUT2D eigenvalue weighted by molar-refractivity contribution is 0.0654. The first-order valence-corrected chi connectivity index (χ1v) is 7.13. The van der Waals surface area contributed by atoms with Crippen molar-refractivity contribution in [3.8, 4) is 0 Å². The molecule has 1 aromatic rings. The number of hydrogen-bond acceptors (Lipinski definition) is 5. The van der Waals surface area contributed by atoms with Gasteiger partial charge in [0.15, 0.2) is 0 Å². The predicted molar refractivity (Wildman–Crippen MR) is 69.7 cm³/mol. The van der Waals surface area contributed by atoms with E-state index in [-0.39, 0.29) is 18.4 Å². The van der Waals surface area contributed by atoms with Crippen LogP contribution in [0.3, 0.4) is 0 Å². The third-order valence-electron chi connectivity index (χ3n) is 3.41. The normalized spacial score (nSPS) is 17.4. The third kappa shape index (κ3) is 2.70. The van der Waals surface area contributed by atoms with Gasteiger partial charge < -0.3 is 10.0 Å². The van der Waals surface area contributed by atoms with Gasteiger partial charge in [0.1, 0.15) is 4.88 Å². The zero-order valence-electron chi connectivity index (χ0n) is 10.8. The van der Waals surface area contributed by atoms with E-state index in [1.807, 2.05) is 18.7 Å². The second-order valence-electron chi connectivity index (χ2n) is 5.06. The van der Waals surface area contributed by atoms with E-state index >= 15 is 0 Å². The van der Waals surface area contributed by atoms with Crippen LogP contribution in [0, 0.1) is 5.92 Å². The van der Waals surface area contributed by atoms with E-state index in [0.717, 1.165) is 31.6 Å². The van der Waals surface area contributed by atoms with Gasteiger partial charge in [0.2, 0.25) is 0 Å². The molecular formula is C12H19N3O2S. The van der Waals surface area contributed by atoms with Crippen LogP contribution in [-0.2, 0) is 0 Å². The van der Waals surface area contributed by atoms with Gasteiger partial charge in [0, 0.05) is 19.7 Å². The monoisotopic (exact) mass is 269 g/mol. The van der Waals surface area contributed by atoms with Gasteiger partial charge in [-0.05, 0) is 36.2 Å². The molecule has 1 fully saturated rings. The van der Waals surface area contributed by atoms with Crippen LogP contribution in [0.15, 0.2) is 0 Å². The summed E-state index contributed by atoms with van der Waals surface area (Å²) in [7, 11) is 0. The number of aliphatic hydroxyl groups excluding tert-OH is 1. The number of aliphatic hydroxyl groups is 1. The van der Waals surface area contributed by atoms with Crippen LogP contribution >= 0.6 is 11.5 Å². The molecule has 0 aliphatic carbocycles. The van der Waals surface area contributed by atoms with Crippen molar-refractivity contribution >= 4 is 17.4 Å². The van der Waals surface area contributed by atoms with Gasteiger partial charge in [-0.25, -0.2) is 0 Å². The van der Waals surface area contributed by atoms with Gasteiger partial charge in [0.25, 0.3) is 5.91 Å². The van der Waals surface area contributed by atoms with Gasteiger partial charge in [0.05, 0.1) is 5.69 Å². The molecule has 0 unspecified atom stereocenters. The van der Waals surface area contributed by atoms with Gasteiger partial charge in [-0.2, -0.15) is 0 Å². The Kier molecular flexibility index (Phi) is 4.29. The van der Waals surface area contributed by atoms with Crippen molar-refractivity contribution in [2.45, 2.75) is 32.6 Å². The Bertz CT molecular complexity index is 411. The summed E-state index contributed by atoms with van der Waals surface area (Å²) in [6, 6.07) is 0. The van der Waals surface area contributed by atoms with Crippen molar-refractivity contribution in [1.82, 2.24) is 14.5 Å². The summed E-state index contributed by atoms with van der Waals surface area (Å²) in [5, 5.41) is 13.1. The van der Waals surface area contributed by atoms with E-state index in [1.165, 1.54) is 11.5 Å². The van der Waals surface area contributed by atoms with Crippen LogP contribution in [0.4, 0.5) is 0 Å². The molecule has 5 nitrogen and oxygen atoms in total. The number of carbonyl (C=O) groups is 1. The highest BCUT2D eigenvalue weighted by atomic mass is 32.1. The lowest BCUT2D eigenvalue weighted by Crippen LogP contribution is -2.39. The highest BCUT2D eigenvalue weighted by Gasteiger charge is 2.27. The molecule has 0 atom stereocenters. The van der Waals surface area contributed by atoms with Crippen molar-refractivity contribution in [2.24, 2.45) is 5.92 Å². The summed E-state index contributed by atoms with van der Waals surface area (Å²) in [5.41, 5.74) is 0.800. The smallest absolute Gasteiger partial charge is 0.267 e. The molecule has 100 valence electrons. The molecule has 1 aromatic heterocycles. The van der Waals surface area contributed by atoms with Crippen molar-refractivity contribution < 1.29 is 9.90 Å². The first-order chi connectivity index (χ1) is 8.63. The van der Waals surface area contributed by atoms with Gasteiger partial charge >= 0.3 is 0 Å². The Labute approximate surface area is 111 Å². The second kappa shape index (κ2) is 5.75. The molecule has 6 heteroatoms. The van der Waals surface area contributed by atoms with Crippen molar-refractivity contribution in [3.05, 3.63) is 10.6 Å². The molecule has 0 saturated carbocycles. The summed E-state index contributed by atoms with van der Waals surface area (Å²) >= 11 is 1.18. The van der Waals surface area contributed by atoms with E-state index < -0.39 is 0 Å². The highest BCUT2D eigenvalue weighted by molar-refractivity contribution is 7.08. The topological polar surface area (TPSA) is 66.3 Å². The molecule has 0 bridgehead atoms. The molecule has 2 rings (SSSR count). The number of hydrogen-bond donors (Lipinski definition) is 1. The zero-order chi connectivity index (χ0) is 13.1. The van der Waals surface area contributed by atoms with Crippen molar-refractivity contribution in [3.63, 3.8) is 0 Å². The van der Waals surface area contributed by atoms with Crippen LogP contribution in [0.1, 0.15) is 48.0 Å². The minimum atomic E-state index is 0.0464. The summed E-state index contributed by atoms with van der Waals surface area (Å²) in [5.74, 6) is 0.612. The van der Waals surface area contributed by atoms with Crippen molar-refractivity contribution in [1.29, 1.82) is 0 Å². The van der Waals surface area contributed by atoms with Crippen LogP contribution in [0.2, 0.25) is 0 Å². The molecule has 18 heavy (non-hydrogen) atoms. The second-order valence-corrected chi connectivity index (χ2v) is 5.81. The summed E-state index contributed by atoms with van der Waals surface area (Å²) in [4.78, 5) is 14.9. The zero-order valence-corrected chi connectivity index (χ0v) is 11.6. The van der Waals surface area contributed by atoms with E-state index in [4.69, 9.17) is 5.11 Å².